The van der Waals surface area contributed by atoms with Crippen LogP contribution in [-0.2, 0) is 42.9 Å². The highest BCUT2D eigenvalue weighted by Gasteiger charge is 2.49. The van der Waals surface area contributed by atoms with E-state index in [-0.39, 0.29) is 22.3 Å². The average Bonchev–Trinajstić information content (AvgIpc) is 3.25. The number of phenolic OH excluding ortho intramolecular Hbond substituents is 6. The van der Waals surface area contributed by atoms with E-state index in [2.05, 4.69) is 0 Å². The maximum absolute atomic E-state index is 14.9. The van der Waals surface area contributed by atoms with Crippen molar-refractivity contribution in [2.45, 2.75) is 61.2 Å². The lowest BCUT2D eigenvalue weighted by atomic mass is 9.71. The molecule has 0 unspecified atom stereocenters. The Morgan fingerprint density at radius 2 is 1.37 bits per heavy atom. The highest BCUT2D eigenvalue weighted by molar-refractivity contribution is 6.02. The molecule has 0 saturated heterocycles. The Bertz CT molecular complexity index is 2400. The zero-order chi connectivity index (χ0) is 48.0. The predicted octanol–water partition coefficient (Wildman–Crippen LogP) is -1.22. The van der Waals surface area contributed by atoms with Gasteiger partial charge in [-0.2, -0.15) is 0 Å². The van der Waals surface area contributed by atoms with Crippen molar-refractivity contribution in [3.63, 3.8) is 0 Å². The number of esters is 3. The number of aliphatic carboxylic acids is 2. The number of benzene rings is 3. The van der Waals surface area contributed by atoms with Crippen LogP contribution in [0.25, 0.3) is 12.2 Å². The average molecular weight is 915 g/mol. The SMILES string of the molecule is O=C(O)C[C@H](O)[C@H](OC(=O)C1=Cc2cc(O)c(O)cc2[C@@H](c2ccc(O)c(O)c2)[C@@H]1C(=O)O[C@@H]1C=C(C(=O)O)O[C@H]([C@@H](O)CO)[C@@H]1OC(=O)/C=C/c1ccc(O)c(O)c1)[C@@H](O)[C@H](O)CO. The van der Waals surface area contributed by atoms with Crippen molar-refractivity contribution in [3.8, 4) is 34.5 Å². The highest BCUT2D eigenvalue weighted by Crippen LogP contribution is 2.48. The molecular weight excluding hydrogens is 872 g/mol. The summed E-state index contributed by atoms with van der Waals surface area (Å²) in [4.78, 5) is 66.3. The van der Waals surface area contributed by atoms with E-state index in [1.165, 1.54) is 6.07 Å². The Balaban J connectivity index is 1.67. The second-order valence-corrected chi connectivity index (χ2v) is 14.6. The van der Waals surface area contributed by atoms with Crippen molar-refractivity contribution in [1.82, 2.24) is 0 Å². The first kappa shape index (κ1) is 48.6. The van der Waals surface area contributed by atoms with E-state index in [9.17, 15) is 95.5 Å². The Morgan fingerprint density at radius 1 is 0.738 bits per heavy atom. The standard InChI is InChI=1S/C42H42O23/c43-14-28(52)36(57)37(27(51)12-32(54)55)65-41(60)20-8-18-10-25(49)26(50)11-19(18)34(17-3-5-22(46)24(48)9-17)35(20)42(61)63-30-13-31(40(58)59)62-38(29(53)15-44)39(30)64-33(56)6-2-16-1-4-21(45)23(47)7-16/h1-11,13,27-30,34-39,43-53,57H,12,14-15H2,(H,54,55)(H,58,59)/b6-2+/t27-,28+,29-,30+,34+,35+,36-,37-,38+,39+/m0/s1. The summed E-state index contributed by atoms with van der Waals surface area (Å²) < 4.78 is 21.9. The van der Waals surface area contributed by atoms with E-state index in [0.717, 1.165) is 60.7 Å². The number of carbonyl (C=O) groups is 5. The van der Waals surface area contributed by atoms with Gasteiger partial charge in [-0.1, -0.05) is 12.1 Å². The fourth-order valence-electron chi connectivity index (χ4n) is 7.00. The van der Waals surface area contributed by atoms with E-state index >= 15 is 0 Å². The van der Waals surface area contributed by atoms with Gasteiger partial charge in [0.05, 0.1) is 31.1 Å². The van der Waals surface area contributed by atoms with Gasteiger partial charge in [0.25, 0.3) is 0 Å². The van der Waals surface area contributed by atoms with Gasteiger partial charge in [-0.25, -0.2) is 14.4 Å². The maximum atomic E-state index is 14.9. The monoisotopic (exact) mass is 914 g/mol. The molecule has 3 aromatic carbocycles. The van der Waals surface area contributed by atoms with Gasteiger partial charge in [0.2, 0.25) is 5.76 Å². The molecule has 5 rings (SSSR count). The highest BCUT2D eigenvalue weighted by atomic mass is 16.6. The first-order valence-corrected chi connectivity index (χ1v) is 19.0. The molecule has 23 nitrogen and oxygen atoms in total. The van der Waals surface area contributed by atoms with Crippen LogP contribution in [0.2, 0.25) is 0 Å². The summed E-state index contributed by atoms with van der Waals surface area (Å²) in [5.74, 6) is -17.0. The van der Waals surface area contributed by atoms with E-state index in [1.807, 2.05) is 0 Å². The first-order chi connectivity index (χ1) is 30.6. The number of carboxylic acid groups (broad SMARTS) is 2. The van der Waals surface area contributed by atoms with Crippen LogP contribution in [0.5, 0.6) is 34.5 Å². The van der Waals surface area contributed by atoms with Crippen molar-refractivity contribution in [2.75, 3.05) is 13.2 Å². The van der Waals surface area contributed by atoms with Crippen LogP contribution >= 0.6 is 0 Å². The third-order valence-electron chi connectivity index (χ3n) is 10.2. The van der Waals surface area contributed by atoms with Crippen molar-refractivity contribution in [1.29, 1.82) is 0 Å². The molecular formula is C42H42O23. The number of carbonyl (C=O) groups excluding carboxylic acids is 3. The summed E-state index contributed by atoms with van der Waals surface area (Å²) in [6.07, 6.45) is -15.3. The number of aliphatic hydroxyl groups excluding tert-OH is 6. The molecule has 10 atom stereocenters. The van der Waals surface area contributed by atoms with Gasteiger partial charge in [0.15, 0.2) is 58.9 Å². The second kappa shape index (κ2) is 20.4. The lowest BCUT2D eigenvalue weighted by molar-refractivity contribution is -0.189. The fraction of sp³-hybridized carbons (Fsp3) is 0.310. The zero-order valence-electron chi connectivity index (χ0n) is 33.3. The number of aromatic hydroxyl groups is 6. The van der Waals surface area contributed by atoms with Crippen LogP contribution in [0.3, 0.4) is 0 Å². The predicted molar refractivity (Wildman–Crippen MR) is 212 cm³/mol. The van der Waals surface area contributed by atoms with Gasteiger partial charge in [-0.05, 0) is 70.8 Å². The van der Waals surface area contributed by atoms with Gasteiger partial charge in [-0.15, -0.1) is 0 Å². The Kier molecular flexibility index (Phi) is 15.3. The van der Waals surface area contributed by atoms with Crippen molar-refractivity contribution < 1.29 is 114 Å². The number of carboxylic acids is 2. The van der Waals surface area contributed by atoms with Crippen LogP contribution in [0, 0.1) is 5.92 Å². The topological polar surface area (TPSA) is 405 Å². The minimum Gasteiger partial charge on any atom is -0.504 e. The van der Waals surface area contributed by atoms with Gasteiger partial charge in [0, 0.05) is 18.1 Å². The van der Waals surface area contributed by atoms with Gasteiger partial charge in [-0.3, -0.25) is 9.59 Å². The zero-order valence-corrected chi connectivity index (χ0v) is 33.3. The molecule has 0 aromatic heterocycles. The number of rotatable bonds is 17. The van der Waals surface area contributed by atoms with Gasteiger partial charge >= 0.3 is 29.8 Å². The fourth-order valence-corrected chi connectivity index (χ4v) is 7.00. The molecule has 1 heterocycles. The largest absolute Gasteiger partial charge is 0.504 e. The molecule has 65 heavy (non-hydrogen) atoms. The van der Waals surface area contributed by atoms with Crippen LogP contribution in [-0.4, -0.2) is 163 Å². The molecule has 0 fully saturated rings. The molecule has 14 N–H and O–H groups in total. The number of hydrogen-bond donors (Lipinski definition) is 14. The molecule has 0 saturated carbocycles. The summed E-state index contributed by atoms with van der Waals surface area (Å²) in [6.45, 7) is -2.35. The molecule has 0 amide bonds. The van der Waals surface area contributed by atoms with Crippen LogP contribution in [0.1, 0.15) is 34.6 Å². The quantitative estimate of drug-likeness (QED) is 0.0327. The number of ether oxygens (including phenoxy) is 4. The molecule has 0 bridgehead atoms. The Morgan fingerprint density at radius 3 is 1.97 bits per heavy atom. The molecule has 0 radical (unpaired) electrons. The van der Waals surface area contributed by atoms with Crippen LogP contribution < -0.4 is 0 Å². The minimum atomic E-state index is -2.38. The van der Waals surface area contributed by atoms with Crippen molar-refractivity contribution in [3.05, 3.63) is 94.3 Å². The minimum absolute atomic E-state index is 0.113. The Hall–Kier alpha value is -7.41. The molecule has 348 valence electrons. The summed E-state index contributed by atoms with van der Waals surface area (Å²) in [6, 6.07) is 8.29. The van der Waals surface area contributed by atoms with E-state index < -0.39 is 156 Å². The number of hydrogen-bond acceptors (Lipinski definition) is 21. The Labute approximate surface area is 365 Å². The number of fused-ring (bicyclic) bond motifs is 1. The van der Waals surface area contributed by atoms with Crippen molar-refractivity contribution >= 4 is 42.0 Å². The lowest BCUT2D eigenvalue weighted by Gasteiger charge is -2.39. The third kappa shape index (κ3) is 11.0. The maximum Gasteiger partial charge on any atom is 0.370 e. The van der Waals surface area contributed by atoms with Gasteiger partial charge < -0.3 is 90.4 Å². The van der Waals surface area contributed by atoms with Crippen molar-refractivity contribution in [2.24, 2.45) is 5.92 Å². The van der Waals surface area contributed by atoms with E-state index in [0.29, 0.717) is 6.08 Å². The second-order valence-electron chi connectivity index (χ2n) is 14.6. The summed E-state index contributed by atoms with van der Waals surface area (Å²) in [7, 11) is 0. The summed E-state index contributed by atoms with van der Waals surface area (Å²) >= 11 is 0. The van der Waals surface area contributed by atoms with E-state index in [4.69, 9.17) is 18.9 Å². The lowest BCUT2D eigenvalue weighted by Crippen LogP contribution is -2.54. The third-order valence-corrected chi connectivity index (χ3v) is 10.2. The van der Waals surface area contributed by atoms with Gasteiger partial charge in [0.1, 0.15) is 24.4 Å². The molecule has 1 aliphatic carbocycles. The molecule has 0 spiro atoms. The normalized spacial score (nSPS) is 21.5. The molecule has 2 aliphatic rings. The number of aliphatic hydroxyl groups is 6. The molecule has 3 aromatic rings. The smallest absolute Gasteiger partial charge is 0.370 e. The van der Waals surface area contributed by atoms with Crippen LogP contribution in [0.15, 0.2) is 72.0 Å². The first-order valence-electron chi connectivity index (χ1n) is 19.0. The van der Waals surface area contributed by atoms with Crippen LogP contribution in [0.4, 0.5) is 0 Å². The summed E-state index contributed by atoms with van der Waals surface area (Å²) in [5.41, 5.74) is -1.11. The molecule has 1 aliphatic heterocycles. The number of phenols is 6. The molecule has 23 heteroatoms. The van der Waals surface area contributed by atoms with E-state index in [1.54, 1.807) is 0 Å². The summed E-state index contributed by atoms with van der Waals surface area (Å²) in [5, 5.41) is 142.